The van der Waals surface area contributed by atoms with Crippen LogP contribution in [0.1, 0.15) is 27.7 Å². The van der Waals surface area contributed by atoms with Gasteiger partial charge in [-0.15, -0.1) is 0 Å². The third-order valence-electron chi connectivity index (χ3n) is 2.49. The maximum absolute atomic E-state index is 11.9. The van der Waals surface area contributed by atoms with Crippen LogP contribution in [0.25, 0.3) is 0 Å². The van der Waals surface area contributed by atoms with E-state index in [1.165, 1.54) is 13.8 Å². The Balaban J connectivity index is 4.43. The Morgan fingerprint density at radius 3 is 2.14 bits per heavy atom. The lowest BCUT2D eigenvalue weighted by molar-refractivity contribution is -0.140. The number of azo groups is 1. The van der Waals surface area contributed by atoms with Gasteiger partial charge in [0.25, 0.3) is 0 Å². The first-order chi connectivity index (χ1) is 9.53. The number of hydrogen-bond acceptors (Lipinski definition) is 7. The first-order valence-electron chi connectivity index (χ1n) is 6.31. The Morgan fingerprint density at radius 1 is 1.14 bits per heavy atom. The van der Waals surface area contributed by atoms with Gasteiger partial charge in [-0.1, -0.05) is 0 Å². The van der Waals surface area contributed by atoms with Crippen LogP contribution in [-0.4, -0.2) is 47.8 Å². The number of nitrogens with one attached hydrogen (secondary N) is 1. The lowest BCUT2D eigenvalue weighted by Gasteiger charge is -2.20. The number of nitrogens with zero attached hydrogens (tertiary/aromatic N) is 2. The summed E-state index contributed by atoms with van der Waals surface area (Å²) in [5.74, 6) is -1.53. The number of hydrogen-bond donors (Lipinski definition) is 3. The van der Waals surface area contributed by atoms with Gasteiger partial charge in [0.05, 0.1) is 12.3 Å². The van der Waals surface area contributed by atoms with Gasteiger partial charge in [-0.2, -0.15) is 22.9 Å². The van der Waals surface area contributed by atoms with Crippen molar-refractivity contribution in [2.45, 2.75) is 38.8 Å². The zero-order valence-corrected chi connectivity index (χ0v) is 13.6. The molecular formula is C12H22N4O4S. The van der Waals surface area contributed by atoms with Gasteiger partial charge in [-0.3, -0.25) is 14.4 Å². The van der Waals surface area contributed by atoms with Crippen LogP contribution in [0.5, 0.6) is 0 Å². The van der Waals surface area contributed by atoms with Crippen LogP contribution in [0.3, 0.4) is 0 Å². The molecule has 0 fully saturated rings. The standard InChI is InChI=1S/C12H22N4O4S/c1-11(2,9(13)18)15-16-12(3,4)10(19)14-5-6-20-8(17)7-21/h21H,5-7H2,1-4H3,(H2,13,18)(H,14,19). The van der Waals surface area contributed by atoms with Crippen LogP contribution < -0.4 is 11.1 Å². The van der Waals surface area contributed by atoms with E-state index in [-0.39, 0.29) is 18.9 Å². The molecule has 0 spiro atoms. The fraction of sp³-hybridized carbons (Fsp3) is 0.750. The molecule has 0 saturated carbocycles. The minimum atomic E-state index is -1.18. The van der Waals surface area contributed by atoms with Gasteiger partial charge in [-0.25, -0.2) is 0 Å². The van der Waals surface area contributed by atoms with E-state index in [0.29, 0.717) is 0 Å². The van der Waals surface area contributed by atoms with Crippen LogP contribution in [0.15, 0.2) is 10.2 Å². The van der Waals surface area contributed by atoms with E-state index in [4.69, 9.17) is 10.5 Å². The third kappa shape index (κ3) is 7.07. The van der Waals surface area contributed by atoms with E-state index in [9.17, 15) is 14.4 Å². The summed E-state index contributed by atoms with van der Waals surface area (Å²) in [5.41, 5.74) is 2.82. The second kappa shape index (κ2) is 7.96. The number of ether oxygens (including phenoxy) is 1. The highest BCUT2D eigenvalue weighted by molar-refractivity contribution is 7.81. The number of carbonyl (C=O) groups is 3. The average Bonchev–Trinajstić information content (AvgIpc) is 2.40. The minimum absolute atomic E-state index is 0.0180. The smallest absolute Gasteiger partial charge is 0.315 e. The Kier molecular flexibility index (Phi) is 7.34. The van der Waals surface area contributed by atoms with Crippen molar-refractivity contribution in [3.8, 4) is 0 Å². The molecule has 3 N–H and O–H groups in total. The topological polar surface area (TPSA) is 123 Å². The molecule has 9 heteroatoms. The molecule has 0 aliphatic carbocycles. The van der Waals surface area contributed by atoms with Crippen LogP contribution in [0.4, 0.5) is 0 Å². The number of carbonyl (C=O) groups excluding carboxylic acids is 3. The summed E-state index contributed by atoms with van der Waals surface area (Å²) in [7, 11) is 0. The minimum Gasteiger partial charge on any atom is -0.463 e. The van der Waals surface area contributed by atoms with Gasteiger partial charge in [0.2, 0.25) is 11.8 Å². The van der Waals surface area contributed by atoms with Gasteiger partial charge in [0.15, 0.2) is 11.1 Å². The third-order valence-corrected chi connectivity index (χ3v) is 2.75. The predicted molar refractivity (Wildman–Crippen MR) is 80.0 cm³/mol. The molecule has 0 unspecified atom stereocenters. The number of amides is 2. The van der Waals surface area contributed by atoms with Gasteiger partial charge >= 0.3 is 5.97 Å². The highest BCUT2D eigenvalue weighted by atomic mass is 32.1. The lowest BCUT2D eigenvalue weighted by atomic mass is 10.1. The highest BCUT2D eigenvalue weighted by Crippen LogP contribution is 2.15. The van der Waals surface area contributed by atoms with Gasteiger partial charge in [0.1, 0.15) is 6.61 Å². The van der Waals surface area contributed by atoms with Crippen molar-refractivity contribution in [1.82, 2.24) is 5.32 Å². The number of thiol groups is 1. The first kappa shape index (κ1) is 19.4. The molecule has 0 aliphatic rings. The maximum Gasteiger partial charge on any atom is 0.315 e. The van der Waals surface area contributed by atoms with Crippen molar-refractivity contribution >= 4 is 30.4 Å². The fourth-order valence-corrected chi connectivity index (χ4v) is 1.03. The summed E-state index contributed by atoms with van der Waals surface area (Å²) in [6.45, 7) is 6.29. The van der Waals surface area contributed by atoms with Crippen molar-refractivity contribution in [3.63, 3.8) is 0 Å². The molecule has 0 bridgehead atoms. The summed E-state index contributed by atoms with van der Waals surface area (Å²) in [6.07, 6.45) is 0. The summed E-state index contributed by atoms with van der Waals surface area (Å²) in [6, 6.07) is 0. The Labute approximate surface area is 129 Å². The average molecular weight is 318 g/mol. The van der Waals surface area contributed by atoms with Crippen molar-refractivity contribution in [3.05, 3.63) is 0 Å². The Bertz CT molecular complexity index is 435. The van der Waals surface area contributed by atoms with Crippen LogP contribution in [0, 0.1) is 0 Å². The Hall–Kier alpha value is -1.64. The first-order valence-corrected chi connectivity index (χ1v) is 6.95. The summed E-state index contributed by atoms with van der Waals surface area (Å²) in [4.78, 5) is 33.9. The zero-order valence-electron chi connectivity index (χ0n) is 12.7. The van der Waals surface area contributed by atoms with E-state index < -0.39 is 28.9 Å². The molecule has 21 heavy (non-hydrogen) atoms. The largest absolute Gasteiger partial charge is 0.463 e. The highest BCUT2D eigenvalue weighted by Gasteiger charge is 2.30. The molecule has 0 rings (SSSR count). The summed E-state index contributed by atoms with van der Waals surface area (Å²) in [5, 5.41) is 10.2. The quantitative estimate of drug-likeness (QED) is 0.253. The second-order valence-electron chi connectivity index (χ2n) is 5.32. The normalized spacial score (nSPS) is 12.2. The molecule has 0 heterocycles. The van der Waals surface area contributed by atoms with E-state index in [0.717, 1.165) is 0 Å². The molecule has 0 aliphatic heterocycles. The van der Waals surface area contributed by atoms with Crippen LogP contribution >= 0.6 is 12.6 Å². The molecule has 0 atom stereocenters. The lowest BCUT2D eigenvalue weighted by Crippen LogP contribution is -2.43. The van der Waals surface area contributed by atoms with Gasteiger partial charge in [-0.05, 0) is 27.7 Å². The molecule has 0 saturated heterocycles. The van der Waals surface area contributed by atoms with Crippen molar-refractivity contribution in [2.24, 2.45) is 16.0 Å². The van der Waals surface area contributed by atoms with Crippen molar-refractivity contribution in [2.75, 3.05) is 18.9 Å². The molecule has 0 aromatic rings. The van der Waals surface area contributed by atoms with Crippen molar-refractivity contribution < 1.29 is 19.1 Å². The molecule has 0 radical (unpaired) electrons. The SMILES string of the molecule is CC(C)(N=NC(C)(C)C(=O)NCCOC(=O)CS)C(N)=O. The van der Waals surface area contributed by atoms with Gasteiger partial charge < -0.3 is 15.8 Å². The predicted octanol–water partition coefficient (Wildman–Crippen LogP) is 0.0703. The fourth-order valence-electron chi connectivity index (χ4n) is 0.936. The zero-order chi connectivity index (χ0) is 16.7. The molecule has 8 nitrogen and oxygen atoms in total. The maximum atomic E-state index is 11.9. The molecular weight excluding hydrogens is 296 g/mol. The van der Waals surface area contributed by atoms with Gasteiger partial charge in [0, 0.05) is 0 Å². The number of rotatable bonds is 8. The number of nitrogens with two attached hydrogens (primary N) is 1. The second-order valence-corrected chi connectivity index (χ2v) is 5.63. The van der Waals surface area contributed by atoms with Crippen LogP contribution in [-0.2, 0) is 19.1 Å². The van der Waals surface area contributed by atoms with Crippen molar-refractivity contribution in [1.29, 1.82) is 0 Å². The summed E-state index contributed by atoms with van der Waals surface area (Å²) >= 11 is 3.75. The Morgan fingerprint density at radius 2 is 1.67 bits per heavy atom. The molecule has 2 amide bonds. The van der Waals surface area contributed by atoms with E-state index in [1.807, 2.05) is 0 Å². The summed E-state index contributed by atoms with van der Waals surface area (Å²) < 4.78 is 4.75. The molecule has 120 valence electrons. The molecule has 0 aromatic carbocycles. The number of esters is 1. The molecule has 0 aromatic heterocycles. The van der Waals surface area contributed by atoms with Crippen LogP contribution in [0.2, 0.25) is 0 Å². The monoisotopic (exact) mass is 318 g/mol. The van der Waals surface area contributed by atoms with E-state index in [1.54, 1.807) is 13.8 Å². The van der Waals surface area contributed by atoms with E-state index >= 15 is 0 Å². The van der Waals surface area contributed by atoms with E-state index in [2.05, 4.69) is 28.2 Å². The number of primary amides is 1.